The first-order chi connectivity index (χ1) is 12.9. The van der Waals surface area contributed by atoms with Crippen molar-refractivity contribution in [3.05, 3.63) is 51.0 Å². The summed E-state index contributed by atoms with van der Waals surface area (Å²) in [6.07, 6.45) is -0.134. The third kappa shape index (κ3) is 3.70. The highest BCUT2D eigenvalue weighted by atomic mass is 35.5. The van der Waals surface area contributed by atoms with Gasteiger partial charge in [0.1, 0.15) is 5.15 Å². The predicted octanol–water partition coefficient (Wildman–Crippen LogP) is 3.21. The van der Waals surface area contributed by atoms with Gasteiger partial charge in [0.25, 0.3) is 0 Å². The van der Waals surface area contributed by atoms with Crippen LogP contribution in [0.15, 0.2) is 24.4 Å². The highest BCUT2D eigenvalue weighted by Gasteiger charge is 2.38. The fourth-order valence-corrected chi connectivity index (χ4v) is 4.73. The fraction of sp³-hybridized carbons (Fsp3) is 0.312. The zero-order valence-corrected chi connectivity index (χ0v) is 16.8. The summed E-state index contributed by atoms with van der Waals surface area (Å²) in [7, 11) is 0. The number of anilines is 1. The van der Waals surface area contributed by atoms with Crippen molar-refractivity contribution < 1.29 is 10.2 Å². The molecule has 142 valence electrons. The van der Waals surface area contributed by atoms with Gasteiger partial charge >= 0.3 is 0 Å². The van der Waals surface area contributed by atoms with Crippen LogP contribution in [0, 0.1) is 0 Å². The maximum absolute atomic E-state index is 10.2. The number of nitrogens with one attached hydrogen (secondary N) is 1. The first-order valence-electron chi connectivity index (χ1n) is 8.00. The van der Waals surface area contributed by atoms with Crippen LogP contribution < -0.4 is 5.32 Å². The van der Waals surface area contributed by atoms with Gasteiger partial charge in [0, 0.05) is 28.5 Å². The van der Waals surface area contributed by atoms with E-state index >= 15 is 0 Å². The van der Waals surface area contributed by atoms with Crippen molar-refractivity contribution in [1.29, 1.82) is 0 Å². The number of rotatable bonds is 4. The first kappa shape index (κ1) is 19.0. The molecule has 3 heterocycles. The van der Waals surface area contributed by atoms with Crippen LogP contribution in [0.2, 0.25) is 15.2 Å². The van der Waals surface area contributed by atoms with E-state index in [0.717, 1.165) is 5.56 Å². The molecule has 11 heteroatoms. The van der Waals surface area contributed by atoms with Crippen molar-refractivity contribution in [2.75, 3.05) is 11.1 Å². The minimum atomic E-state index is -0.920. The Morgan fingerprint density at radius 3 is 2.78 bits per heavy atom. The largest absolute Gasteiger partial charge is 0.390 e. The molecule has 0 aliphatic carbocycles. The lowest BCUT2D eigenvalue weighted by Crippen LogP contribution is -2.25. The Kier molecular flexibility index (Phi) is 5.37. The molecule has 0 spiro atoms. The Balaban J connectivity index is 1.67. The van der Waals surface area contributed by atoms with E-state index in [2.05, 4.69) is 20.5 Å². The third-order valence-corrected chi connectivity index (χ3v) is 6.42. The summed E-state index contributed by atoms with van der Waals surface area (Å²) in [6, 6.07) is 5.20. The Labute approximate surface area is 173 Å². The summed E-state index contributed by atoms with van der Waals surface area (Å²) in [6.45, 7) is 0.365. The second-order valence-electron chi connectivity index (χ2n) is 6.07. The molecular formula is C16H14Cl3N5O2S. The second kappa shape index (κ2) is 7.62. The lowest BCUT2D eigenvalue weighted by atomic mass is 10.1. The van der Waals surface area contributed by atoms with Gasteiger partial charge in [-0.3, -0.25) is 4.40 Å². The van der Waals surface area contributed by atoms with Gasteiger partial charge in [0.15, 0.2) is 11.6 Å². The van der Waals surface area contributed by atoms with Crippen molar-refractivity contribution in [3.8, 4) is 0 Å². The number of hydrogen-bond donors (Lipinski definition) is 3. The number of fused-ring (bicyclic) bond motifs is 1. The zero-order chi connectivity index (χ0) is 19.1. The van der Waals surface area contributed by atoms with Crippen molar-refractivity contribution >= 4 is 58.0 Å². The molecule has 3 atom stereocenters. The summed E-state index contributed by atoms with van der Waals surface area (Å²) in [5, 5.41) is 32.5. The number of nitrogens with zero attached hydrogens (tertiary/aromatic N) is 4. The molecule has 1 aliphatic heterocycles. The monoisotopic (exact) mass is 445 g/mol. The third-order valence-electron chi connectivity index (χ3n) is 4.25. The average molecular weight is 447 g/mol. The van der Waals surface area contributed by atoms with Crippen LogP contribution in [0.4, 0.5) is 5.82 Å². The number of hydrogen-bond acceptors (Lipinski definition) is 7. The van der Waals surface area contributed by atoms with Gasteiger partial charge in [-0.05, 0) is 23.8 Å². The molecule has 0 bridgehead atoms. The standard InChI is InChI=1S/C16H14Cl3N5O2S/c17-8-1-2-9(18)7(3-8)4-20-14-16-23-22-15(24(16)5-11(19)21-14)13-12(26)10(25)6-27-13/h1-3,5,10,12-13,25-26H,4,6H2,(H,20,21)/t10-,12-,13-/m1/s1. The van der Waals surface area contributed by atoms with Gasteiger partial charge in [-0.2, -0.15) is 0 Å². The SMILES string of the molecule is O[C@@H]1[C@H](O)CS[C@H]1c1nnc2c(NCc3cc(Cl)ccc3Cl)nc(Cl)cn12. The smallest absolute Gasteiger partial charge is 0.203 e. The Morgan fingerprint density at radius 1 is 1.22 bits per heavy atom. The maximum atomic E-state index is 10.2. The first-order valence-corrected chi connectivity index (χ1v) is 10.2. The fourth-order valence-electron chi connectivity index (χ4n) is 2.88. The Morgan fingerprint density at radius 2 is 2.04 bits per heavy atom. The molecule has 1 fully saturated rings. The van der Waals surface area contributed by atoms with E-state index in [9.17, 15) is 10.2 Å². The molecule has 3 aromatic rings. The molecule has 4 rings (SSSR count). The molecule has 1 aromatic carbocycles. The molecule has 0 radical (unpaired) electrons. The van der Waals surface area contributed by atoms with Crippen LogP contribution >= 0.6 is 46.6 Å². The summed E-state index contributed by atoms with van der Waals surface area (Å²) in [4.78, 5) is 4.28. The van der Waals surface area contributed by atoms with E-state index in [-0.39, 0.29) is 5.15 Å². The van der Waals surface area contributed by atoms with Crippen LogP contribution in [-0.4, -0.2) is 47.8 Å². The van der Waals surface area contributed by atoms with Crippen LogP contribution in [0.3, 0.4) is 0 Å². The Hall–Kier alpha value is -1.29. The van der Waals surface area contributed by atoms with E-state index < -0.39 is 17.5 Å². The van der Waals surface area contributed by atoms with Gasteiger partial charge in [0.05, 0.1) is 17.5 Å². The second-order valence-corrected chi connectivity index (χ2v) is 8.47. The molecule has 3 N–H and O–H groups in total. The van der Waals surface area contributed by atoms with Crippen LogP contribution in [0.5, 0.6) is 0 Å². The number of benzene rings is 1. The molecule has 7 nitrogen and oxygen atoms in total. The van der Waals surface area contributed by atoms with E-state index in [1.807, 2.05) is 0 Å². The van der Waals surface area contributed by atoms with Crippen LogP contribution in [0.1, 0.15) is 16.6 Å². The number of aliphatic hydroxyl groups is 2. The van der Waals surface area contributed by atoms with Crippen molar-refractivity contribution in [2.45, 2.75) is 24.0 Å². The van der Waals surface area contributed by atoms with Gasteiger partial charge in [-0.1, -0.05) is 34.8 Å². The quantitative estimate of drug-likeness (QED) is 0.566. The van der Waals surface area contributed by atoms with Crippen LogP contribution in [-0.2, 0) is 6.54 Å². The molecule has 1 aliphatic rings. The molecule has 0 saturated carbocycles. The topological polar surface area (TPSA) is 95.6 Å². The van der Waals surface area contributed by atoms with Gasteiger partial charge in [-0.15, -0.1) is 22.0 Å². The minimum Gasteiger partial charge on any atom is -0.390 e. The van der Waals surface area contributed by atoms with E-state index in [4.69, 9.17) is 34.8 Å². The summed E-state index contributed by atoms with van der Waals surface area (Å²) in [5.74, 6) is 1.36. The Bertz CT molecular complexity index is 1000. The summed E-state index contributed by atoms with van der Waals surface area (Å²) >= 11 is 19.8. The van der Waals surface area contributed by atoms with E-state index in [1.165, 1.54) is 11.8 Å². The minimum absolute atomic E-state index is 0.237. The zero-order valence-electron chi connectivity index (χ0n) is 13.7. The lowest BCUT2D eigenvalue weighted by molar-refractivity contribution is 0.0404. The molecule has 27 heavy (non-hydrogen) atoms. The highest BCUT2D eigenvalue weighted by Crippen LogP contribution is 2.40. The maximum Gasteiger partial charge on any atom is 0.203 e. The molecule has 2 aromatic heterocycles. The van der Waals surface area contributed by atoms with Gasteiger partial charge < -0.3 is 15.5 Å². The number of halogens is 3. The van der Waals surface area contributed by atoms with E-state index in [0.29, 0.717) is 39.6 Å². The number of aliphatic hydroxyl groups excluding tert-OH is 2. The van der Waals surface area contributed by atoms with Crippen molar-refractivity contribution in [3.63, 3.8) is 0 Å². The molecule has 0 unspecified atom stereocenters. The number of thioether (sulfide) groups is 1. The lowest BCUT2D eigenvalue weighted by Gasteiger charge is -2.14. The molecule has 0 amide bonds. The van der Waals surface area contributed by atoms with Gasteiger partial charge in [-0.25, -0.2) is 4.98 Å². The molecular weight excluding hydrogens is 433 g/mol. The van der Waals surface area contributed by atoms with Crippen molar-refractivity contribution in [1.82, 2.24) is 19.6 Å². The average Bonchev–Trinajstić information content (AvgIpc) is 3.19. The normalized spacial score (nSPS) is 22.5. The van der Waals surface area contributed by atoms with E-state index in [1.54, 1.807) is 28.8 Å². The summed E-state index contributed by atoms with van der Waals surface area (Å²) < 4.78 is 1.68. The highest BCUT2D eigenvalue weighted by molar-refractivity contribution is 7.99. The number of aromatic nitrogens is 4. The predicted molar refractivity (Wildman–Crippen MR) is 107 cm³/mol. The van der Waals surface area contributed by atoms with Crippen LogP contribution in [0.25, 0.3) is 5.65 Å². The molecule has 1 saturated heterocycles. The summed E-state index contributed by atoms with van der Waals surface area (Å²) in [5.41, 5.74) is 1.26. The van der Waals surface area contributed by atoms with Crippen molar-refractivity contribution in [2.24, 2.45) is 0 Å². The van der Waals surface area contributed by atoms with Gasteiger partial charge in [0.2, 0.25) is 5.65 Å².